The van der Waals surface area contributed by atoms with Crippen molar-refractivity contribution in [2.75, 3.05) is 36.4 Å². The van der Waals surface area contributed by atoms with E-state index in [0.29, 0.717) is 22.5 Å². The van der Waals surface area contributed by atoms with E-state index in [1.54, 1.807) is 18.2 Å². The number of nitrogens with one attached hydrogen (secondary N) is 1. The molecule has 184 valence electrons. The zero-order valence-electron chi connectivity index (χ0n) is 23.5. The summed E-state index contributed by atoms with van der Waals surface area (Å²) in [6, 6.07) is 14.6. The molecule has 3 aromatic rings. The Labute approximate surface area is 216 Å². The van der Waals surface area contributed by atoms with Gasteiger partial charge in [-0.25, -0.2) is 4.98 Å². The summed E-state index contributed by atoms with van der Waals surface area (Å²) in [6.07, 6.45) is 0. The Bertz CT molecular complexity index is 1350. The number of hydrogen-bond donors (Lipinski definition) is 2. The first-order chi connectivity index (χ1) is 17.7. The average Bonchev–Trinajstić information content (AvgIpc) is 2.85. The lowest BCUT2D eigenvalue weighted by atomic mass is 9.99. The average molecular weight is 496 g/mol. The third-order valence-electron chi connectivity index (χ3n) is 6.36. The number of hydrogen-bond acceptors (Lipinski definition) is 5. The van der Waals surface area contributed by atoms with Crippen LogP contribution in [0.2, 0.25) is 5.02 Å². The number of rotatable bonds is 4. The van der Waals surface area contributed by atoms with Crippen LogP contribution in [0.25, 0.3) is 22.4 Å². The Morgan fingerprint density at radius 3 is 2.49 bits per heavy atom. The molecule has 1 fully saturated rings. The zero-order valence-corrected chi connectivity index (χ0v) is 21.3. The van der Waals surface area contributed by atoms with Crippen LogP contribution in [0.3, 0.4) is 0 Å². The van der Waals surface area contributed by atoms with E-state index in [-0.39, 0.29) is 22.0 Å². The van der Waals surface area contributed by atoms with Gasteiger partial charge in [0, 0.05) is 65.2 Å². The molecular formula is C28H33ClN4O2. The molecule has 6 nitrogen and oxygen atoms in total. The van der Waals surface area contributed by atoms with Crippen molar-refractivity contribution in [3.8, 4) is 28.1 Å². The predicted molar refractivity (Wildman–Crippen MR) is 144 cm³/mol. The molecule has 1 saturated heterocycles. The highest BCUT2D eigenvalue weighted by Crippen LogP contribution is 2.40. The molecule has 1 aliphatic heterocycles. The molecule has 1 aromatic heterocycles. The fourth-order valence-electron chi connectivity index (χ4n) is 4.48. The van der Waals surface area contributed by atoms with E-state index in [9.17, 15) is 9.90 Å². The molecule has 0 spiro atoms. The summed E-state index contributed by atoms with van der Waals surface area (Å²) in [7, 11) is 0. The van der Waals surface area contributed by atoms with E-state index in [1.807, 2.05) is 19.1 Å². The normalized spacial score (nSPS) is 16.4. The van der Waals surface area contributed by atoms with Crippen LogP contribution in [-0.2, 0) is 4.79 Å². The molecule has 1 aliphatic rings. The lowest BCUT2D eigenvalue weighted by molar-refractivity contribution is -0.114. The van der Waals surface area contributed by atoms with Crippen LogP contribution in [0.4, 0.5) is 11.4 Å². The maximum absolute atomic E-state index is 11.9. The lowest BCUT2D eigenvalue weighted by Gasteiger charge is -2.43. The van der Waals surface area contributed by atoms with Crippen LogP contribution < -0.4 is 10.2 Å². The van der Waals surface area contributed by atoms with E-state index in [2.05, 4.69) is 53.0 Å². The number of aromatic hydroxyl groups is 1. The third-order valence-corrected chi connectivity index (χ3v) is 6.67. The largest absolute Gasteiger partial charge is 0.505 e. The van der Waals surface area contributed by atoms with Crippen molar-refractivity contribution in [3.63, 3.8) is 0 Å². The second-order valence-electron chi connectivity index (χ2n) is 9.85. The van der Waals surface area contributed by atoms with Gasteiger partial charge in [-0.15, -0.1) is 0 Å². The monoisotopic (exact) mass is 495 g/mol. The minimum Gasteiger partial charge on any atom is -0.505 e. The summed E-state index contributed by atoms with van der Waals surface area (Å²) in [5, 5.41) is 13.8. The topological polar surface area (TPSA) is 68.7 Å². The van der Waals surface area contributed by atoms with Gasteiger partial charge in [-0.05, 0) is 63.6 Å². The van der Waals surface area contributed by atoms with Crippen LogP contribution >= 0.6 is 11.6 Å². The standard InChI is InChI=1S/C28H33ClN4O2/c1-18-15-23(20-9-10-25(24(29)17-20)31-19(2)34)27(35)26(30-18)21-7-6-8-22(16-21)32-11-13-33(14-12-32)28(3,4)5/h6-10,15-17,35H,11-14H2,1-5H3,(H,31,34)/i2D3. The molecular weight excluding hydrogens is 460 g/mol. The van der Waals surface area contributed by atoms with Crippen molar-refractivity contribution in [3.05, 3.63) is 59.2 Å². The number of pyridine rings is 1. The highest BCUT2D eigenvalue weighted by atomic mass is 35.5. The first-order valence-electron chi connectivity index (χ1n) is 13.2. The summed E-state index contributed by atoms with van der Waals surface area (Å²) in [5.41, 5.74) is 4.53. The van der Waals surface area contributed by atoms with Crippen molar-refractivity contribution in [1.29, 1.82) is 0 Å². The van der Waals surface area contributed by atoms with Crippen LogP contribution in [0.5, 0.6) is 5.75 Å². The molecule has 1 amide bonds. The number of piperazine rings is 1. The van der Waals surface area contributed by atoms with E-state index in [1.165, 1.54) is 6.07 Å². The molecule has 0 unspecified atom stereocenters. The van der Waals surface area contributed by atoms with Gasteiger partial charge in [0.1, 0.15) is 11.4 Å². The zero-order chi connectivity index (χ0) is 27.8. The number of anilines is 2. The van der Waals surface area contributed by atoms with Crippen LogP contribution in [0.15, 0.2) is 48.5 Å². The Morgan fingerprint density at radius 2 is 1.83 bits per heavy atom. The molecule has 35 heavy (non-hydrogen) atoms. The van der Waals surface area contributed by atoms with E-state index >= 15 is 0 Å². The molecule has 7 heteroatoms. The number of halogens is 1. The minimum atomic E-state index is -2.79. The van der Waals surface area contributed by atoms with Crippen LogP contribution in [0.1, 0.15) is 37.4 Å². The molecule has 2 aromatic carbocycles. The molecule has 0 bridgehead atoms. The van der Waals surface area contributed by atoms with Crippen LogP contribution in [0, 0.1) is 6.92 Å². The molecule has 0 atom stereocenters. The molecule has 0 aliphatic carbocycles. The Hall–Kier alpha value is -3.09. The van der Waals surface area contributed by atoms with Crippen molar-refractivity contribution in [2.45, 2.75) is 40.1 Å². The van der Waals surface area contributed by atoms with E-state index < -0.39 is 12.8 Å². The van der Waals surface area contributed by atoms with Gasteiger partial charge in [-0.2, -0.15) is 0 Å². The van der Waals surface area contributed by atoms with Gasteiger partial charge < -0.3 is 15.3 Å². The summed E-state index contributed by atoms with van der Waals surface area (Å²) < 4.78 is 21.7. The van der Waals surface area contributed by atoms with Gasteiger partial charge in [-0.3, -0.25) is 9.69 Å². The number of amides is 1. The Morgan fingerprint density at radius 1 is 1.09 bits per heavy atom. The number of nitrogens with zero attached hydrogens (tertiary/aromatic N) is 3. The maximum Gasteiger partial charge on any atom is 0.221 e. The minimum absolute atomic E-state index is 0.0145. The molecule has 4 rings (SSSR count). The molecule has 0 saturated carbocycles. The highest BCUT2D eigenvalue weighted by Gasteiger charge is 2.26. The summed E-state index contributed by atoms with van der Waals surface area (Å²) in [5.74, 6) is -1.10. The number of benzene rings is 2. The fraction of sp³-hybridized carbons (Fsp3) is 0.357. The van der Waals surface area contributed by atoms with Gasteiger partial charge in [-0.1, -0.05) is 29.8 Å². The Balaban J connectivity index is 1.62. The smallest absolute Gasteiger partial charge is 0.221 e. The molecule has 0 radical (unpaired) electrons. The predicted octanol–water partition coefficient (Wildman–Crippen LogP) is 5.96. The van der Waals surface area contributed by atoms with Gasteiger partial charge in [0.25, 0.3) is 0 Å². The number of carbonyl (C=O) groups is 1. The molecule has 2 heterocycles. The first-order valence-corrected chi connectivity index (χ1v) is 12.0. The summed E-state index contributed by atoms with van der Waals surface area (Å²) in [4.78, 5) is 21.3. The second kappa shape index (κ2) is 9.88. The summed E-state index contributed by atoms with van der Waals surface area (Å²) >= 11 is 6.36. The van der Waals surface area contributed by atoms with Crippen LogP contribution in [-0.4, -0.2) is 52.6 Å². The SMILES string of the molecule is [2H]C([2H])([2H])C(=O)Nc1ccc(-c2cc(C)nc(-c3cccc(N4CCN(C(C)(C)C)CC4)c3)c2O)cc1Cl. The van der Waals surface area contributed by atoms with E-state index in [4.69, 9.17) is 15.7 Å². The van der Waals surface area contributed by atoms with Crippen molar-refractivity contribution in [1.82, 2.24) is 9.88 Å². The third kappa shape index (κ3) is 5.60. The van der Waals surface area contributed by atoms with E-state index in [0.717, 1.165) is 37.4 Å². The van der Waals surface area contributed by atoms with Crippen molar-refractivity contribution < 1.29 is 14.0 Å². The highest BCUT2D eigenvalue weighted by molar-refractivity contribution is 6.34. The summed E-state index contributed by atoms with van der Waals surface area (Å²) in [6.45, 7) is 9.58. The second-order valence-corrected chi connectivity index (χ2v) is 10.3. The number of carbonyl (C=O) groups excluding carboxylic acids is 1. The Kier molecular flexibility index (Phi) is 5.99. The van der Waals surface area contributed by atoms with Gasteiger partial charge >= 0.3 is 0 Å². The first kappa shape index (κ1) is 21.2. The molecule has 2 N–H and O–H groups in total. The van der Waals surface area contributed by atoms with Crippen molar-refractivity contribution in [2.24, 2.45) is 0 Å². The number of aryl methyl sites for hydroxylation is 1. The maximum atomic E-state index is 11.9. The quantitative estimate of drug-likeness (QED) is 0.467. The lowest BCUT2D eigenvalue weighted by Crippen LogP contribution is -2.53. The van der Waals surface area contributed by atoms with Gasteiger partial charge in [0.2, 0.25) is 5.91 Å². The number of aromatic nitrogens is 1. The van der Waals surface area contributed by atoms with Gasteiger partial charge in [0.05, 0.1) is 10.7 Å². The van der Waals surface area contributed by atoms with Crippen molar-refractivity contribution >= 4 is 28.9 Å². The van der Waals surface area contributed by atoms with Gasteiger partial charge in [0.15, 0.2) is 0 Å². The fourth-order valence-corrected chi connectivity index (χ4v) is 4.71.